The molecular formula is C8H8O5Zr. The van der Waals surface area contributed by atoms with Gasteiger partial charge in [0, 0.05) is 26.2 Å². The number of carboxylic acids is 2. The Morgan fingerprint density at radius 2 is 1.21 bits per heavy atom. The molecule has 4 N–H and O–H groups in total. The quantitative estimate of drug-likeness (QED) is 0.807. The average molecular weight is 275 g/mol. The fourth-order valence-corrected chi connectivity index (χ4v) is 0.856. The molecule has 0 amide bonds. The summed E-state index contributed by atoms with van der Waals surface area (Å²) in [5.41, 5.74) is -0.380. The summed E-state index contributed by atoms with van der Waals surface area (Å²) in [5.74, 6) is -2.46. The van der Waals surface area contributed by atoms with Crippen molar-refractivity contribution in [2.24, 2.45) is 0 Å². The van der Waals surface area contributed by atoms with E-state index in [0.29, 0.717) is 0 Å². The van der Waals surface area contributed by atoms with E-state index >= 15 is 0 Å². The van der Waals surface area contributed by atoms with Crippen LogP contribution in [0, 0.1) is 0 Å². The molecule has 0 saturated carbocycles. The zero-order valence-electron chi connectivity index (χ0n) is 7.02. The molecule has 74 valence electrons. The van der Waals surface area contributed by atoms with Gasteiger partial charge in [-0.2, -0.15) is 0 Å². The van der Waals surface area contributed by atoms with Gasteiger partial charge in [-0.05, 0) is 12.1 Å². The average Bonchev–Trinajstić information content (AvgIpc) is 2.04. The number of carbonyl (C=O) groups is 2. The van der Waals surface area contributed by atoms with Crippen LogP contribution in [0.5, 0.6) is 0 Å². The Hall–Kier alpha value is -0.997. The third-order valence-electron chi connectivity index (χ3n) is 1.39. The molecule has 5 nitrogen and oxygen atoms in total. The normalized spacial score (nSPS) is 8.00. The SMILES string of the molecule is O.O=C(O)c1ccccc1C(=O)O.[Zr]. The molecule has 0 aromatic heterocycles. The molecule has 0 fully saturated rings. The van der Waals surface area contributed by atoms with Crippen molar-refractivity contribution in [3.63, 3.8) is 0 Å². The van der Waals surface area contributed by atoms with Gasteiger partial charge >= 0.3 is 11.9 Å². The Balaban J connectivity index is 0. The van der Waals surface area contributed by atoms with Gasteiger partial charge in [0.1, 0.15) is 0 Å². The Bertz CT molecular complexity index is 303. The standard InChI is InChI=1S/C8H6O4.H2O.Zr/c9-7(10)5-3-1-2-4-6(5)8(11)12;;/h1-4H,(H,9,10)(H,11,12);1H2;. The van der Waals surface area contributed by atoms with Crippen molar-refractivity contribution < 1.29 is 51.5 Å². The summed E-state index contributed by atoms with van der Waals surface area (Å²) in [4.78, 5) is 20.9. The summed E-state index contributed by atoms with van der Waals surface area (Å²) < 4.78 is 0. The molecule has 0 spiro atoms. The maximum absolute atomic E-state index is 10.5. The maximum Gasteiger partial charge on any atom is 0.336 e. The first-order chi connectivity index (χ1) is 5.63. The molecule has 0 bridgehead atoms. The molecule has 6 heteroatoms. The second-order valence-electron chi connectivity index (χ2n) is 2.16. The second kappa shape index (κ2) is 6.46. The van der Waals surface area contributed by atoms with Gasteiger partial charge in [0.25, 0.3) is 0 Å². The molecule has 0 heterocycles. The third-order valence-corrected chi connectivity index (χ3v) is 1.39. The Morgan fingerprint density at radius 1 is 0.929 bits per heavy atom. The van der Waals surface area contributed by atoms with Crippen LogP contribution in [-0.2, 0) is 26.2 Å². The van der Waals surface area contributed by atoms with Crippen molar-refractivity contribution in [3.8, 4) is 0 Å². The predicted molar refractivity (Wildman–Crippen MR) is 44.0 cm³/mol. The predicted octanol–water partition coefficient (Wildman–Crippen LogP) is 0.256. The van der Waals surface area contributed by atoms with Crippen molar-refractivity contribution in [1.82, 2.24) is 0 Å². The molecular weight excluding hydrogens is 267 g/mol. The fourth-order valence-electron chi connectivity index (χ4n) is 0.856. The summed E-state index contributed by atoms with van der Waals surface area (Å²) in [6.45, 7) is 0. The van der Waals surface area contributed by atoms with E-state index in [9.17, 15) is 9.59 Å². The summed E-state index contributed by atoms with van der Waals surface area (Å²) in [6.07, 6.45) is 0. The molecule has 0 aliphatic heterocycles. The molecule has 0 aliphatic rings. The molecule has 0 saturated heterocycles. The summed E-state index contributed by atoms with van der Waals surface area (Å²) in [5, 5.41) is 17.1. The van der Waals surface area contributed by atoms with Crippen LogP contribution in [0.2, 0.25) is 0 Å². The van der Waals surface area contributed by atoms with Gasteiger partial charge in [0.05, 0.1) is 11.1 Å². The minimum Gasteiger partial charge on any atom is -0.478 e. The molecule has 0 radical (unpaired) electrons. The largest absolute Gasteiger partial charge is 0.478 e. The van der Waals surface area contributed by atoms with E-state index in [4.69, 9.17) is 10.2 Å². The maximum atomic E-state index is 10.5. The number of hydrogen-bond donors (Lipinski definition) is 2. The molecule has 0 atom stereocenters. The molecule has 0 aliphatic carbocycles. The minimum atomic E-state index is -1.23. The Morgan fingerprint density at radius 3 is 1.43 bits per heavy atom. The molecule has 1 aromatic rings. The van der Waals surface area contributed by atoms with Gasteiger partial charge in [0.15, 0.2) is 0 Å². The van der Waals surface area contributed by atoms with Gasteiger partial charge < -0.3 is 15.7 Å². The Labute approximate surface area is 98.8 Å². The number of benzene rings is 1. The van der Waals surface area contributed by atoms with Crippen LogP contribution in [0.1, 0.15) is 20.7 Å². The first-order valence-corrected chi connectivity index (χ1v) is 3.18. The van der Waals surface area contributed by atoms with Gasteiger partial charge in [-0.1, -0.05) is 12.1 Å². The van der Waals surface area contributed by atoms with Gasteiger partial charge in [-0.25, -0.2) is 9.59 Å². The van der Waals surface area contributed by atoms with Crippen LogP contribution >= 0.6 is 0 Å². The van der Waals surface area contributed by atoms with Crippen molar-refractivity contribution in [3.05, 3.63) is 35.4 Å². The van der Waals surface area contributed by atoms with E-state index in [1.807, 2.05) is 0 Å². The van der Waals surface area contributed by atoms with E-state index in [-0.39, 0.29) is 42.8 Å². The molecule has 0 unspecified atom stereocenters. The van der Waals surface area contributed by atoms with Crippen molar-refractivity contribution in [2.75, 3.05) is 0 Å². The van der Waals surface area contributed by atoms with E-state index < -0.39 is 11.9 Å². The topological polar surface area (TPSA) is 106 Å². The molecule has 1 rings (SSSR count). The van der Waals surface area contributed by atoms with Crippen LogP contribution in [0.4, 0.5) is 0 Å². The van der Waals surface area contributed by atoms with Crippen LogP contribution in [0.15, 0.2) is 24.3 Å². The van der Waals surface area contributed by atoms with Gasteiger partial charge in [-0.3, -0.25) is 0 Å². The van der Waals surface area contributed by atoms with Gasteiger partial charge in [0.2, 0.25) is 0 Å². The smallest absolute Gasteiger partial charge is 0.336 e. The summed E-state index contributed by atoms with van der Waals surface area (Å²) in [7, 11) is 0. The first-order valence-electron chi connectivity index (χ1n) is 3.18. The monoisotopic (exact) mass is 274 g/mol. The minimum absolute atomic E-state index is 0. The van der Waals surface area contributed by atoms with Crippen LogP contribution < -0.4 is 0 Å². The molecule has 14 heavy (non-hydrogen) atoms. The first kappa shape index (κ1) is 15.5. The number of hydrogen-bond acceptors (Lipinski definition) is 2. The number of rotatable bonds is 2. The zero-order chi connectivity index (χ0) is 9.14. The van der Waals surface area contributed by atoms with Crippen LogP contribution in [-0.4, -0.2) is 27.6 Å². The molecule has 1 aromatic carbocycles. The zero-order valence-corrected chi connectivity index (χ0v) is 9.48. The van der Waals surface area contributed by atoms with E-state index in [2.05, 4.69) is 0 Å². The van der Waals surface area contributed by atoms with Gasteiger partial charge in [-0.15, -0.1) is 0 Å². The van der Waals surface area contributed by atoms with Crippen molar-refractivity contribution in [1.29, 1.82) is 0 Å². The summed E-state index contributed by atoms with van der Waals surface area (Å²) >= 11 is 0. The Kier molecular flexibility index (Phi) is 7.14. The van der Waals surface area contributed by atoms with Crippen LogP contribution in [0.3, 0.4) is 0 Å². The van der Waals surface area contributed by atoms with Crippen LogP contribution in [0.25, 0.3) is 0 Å². The number of carboxylic acid groups (broad SMARTS) is 2. The fraction of sp³-hybridized carbons (Fsp3) is 0. The van der Waals surface area contributed by atoms with Crippen molar-refractivity contribution in [2.45, 2.75) is 0 Å². The van der Waals surface area contributed by atoms with E-state index in [1.165, 1.54) is 24.3 Å². The van der Waals surface area contributed by atoms with E-state index in [0.717, 1.165) is 0 Å². The summed E-state index contributed by atoms with van der Waals surface area (Å²) in [6, 6.07) is 5.48. The van der Waals surface area contributed by atoms with Crippen molar-refractivity contribution >= 4 is 11.9 Å². The third kappa shape index (κ3) is 3.40. The second-order valence-corrected chi connectivity index (χ2v) is 2.16. The van der Waals surface area contributed by atoms with E-state index in [1.54, 1.807) is 0 Å². The number of aromatic carboxylic acids is 2.